The smallest absolute Gasteiger partial charge is 0.165 e. The zero-order chi connectivity index (χ0) is 15.4. The Kier molecular flexibility index (Phi) is 3.05. The van der Waals surface area contributed by atoms with Crippen molar-refractivity contribution in [3.63, 3.8) is 0 Å². The maximum Gasteiger partial charge on any atom is 0.165 e. The molecule has 0 spiro atoms. The number of ketones is 1. The van der Waals surface area contributed by atoms with Gasteiger partial charge in [0.25, 0.3) is 0 Å². The van der Waals surface area contributed by atoms with Crippen LogP contribution < -0.4 is 4.90 Å². The number of hydrogen-bond acceptors (Lipinski definition) is 2. The quantitative estimate of drug-likeness (QED) is 0.760. The molecule has 0 radical (unpaired) electrons. The molecule has 2 bridgehead atoms. The van der Waals surface area contributed by atoms with Gasteiger partial charge >= 0.3 is 0 Å². The van der Waals surface area contributed by atoms with Crippen molar-refractivity contribution in [2.45, 2.75) is 33.6 Å². The van der Waals surface area contributed by atoms with Crippen LogP contribution in [0.4, 0.5) is 5.69 Å². The molecule has 1 aromatic carbocycles. The number of benzene rings is 1. The number of anilines is 1. The SMILES string of the molecule is CN(C)c1ccc(/C=C2\C(=O)C3(C)CCC2C3(C)C)cc1. The molecule has 2 unspecified atom stereocenters. The summed E-state index contributed by atoms with van der Waals surface area (Å²) in [6.45, 7) is 6.68. The van der Waals surface area contributed by atoms with E-state index in [-0.39, 0.29) is 10.8 Å². The monoisotopic (exact) mass is 283 g/mol. The van der Waals surface area contributed by atoms with Crippen LogP contribution in [0.1, 0.15) is 39.2 Å². The molecule has 2 saturated carbocycles. The molecule has 3 rings (SSSR count). The van der Waals surface area contributed by atoms with E-state index in [0.29, 0.717) is 11.7 Å². The predicted molar refractivity (Wildman–Crippen MR) is 88.4 cm³/mol. The molecule has 0 aliphatic heterocycles. The number of fused-ring (bicyclic) bond motifs is 2. The highest BCUT2D eigenvalue weighted by Gasteiger charge is 2.63. The lowest BCUT2D eigenvalue weighted by atomic mass is 9.70. The summed E-state index contributed by atoms with van der Waals surface area (Å²) in [5.41, 5.74) is 3.30. The van der Waals surface area contributed by atoms with Gasteiger partial charge in [0, 0.05) is 25.2 Å². The second-order valence-corrected chi connectivity index (χ2v) is 7.56. The lowest BCUT2D eigenvalue weighted by Crippen LogP contribution is -2.32. The molecule has 2 heteroatoms. The zero-order valence-electron chi connectivity index (χ0n) is 13.7. The summed E-state index contributed by atoms with van der Waals surface area (Å²) < 4.78 is 0. The normalized spacial score (nSPS) is 32.0. The third-order valence-electron chi connectivity index (χ3n) is 6.10. The number of allylic oxidation sites excluding steroid dienone is 1. The van der Waals surface area contributed by atoms with Crippen LogP contribution in [0.5, 0.6) is 0 Å². The molecule has 1 aromatic rings. The fourth-order valence-electron chi connectivity index (χ4n) is 4.14. The molecule has 2 aliphatic carbocycles. The van der Waals surface area contributed by atoms with Gasteiger partial charge in [0.15, 0.2) is 5.78 Å². The Labute approximate surface area is 127 Å². The molecule has 21 heavy (non-hydrogen) atoms. The van der Waals surface area contributed by atoms with Crippen molar-refractivity contribution in [2.75, 3.05) is 19.0 Å². The first-order valence-electron chi connectivity index (χ1n) is 7.81. The largest absolute Gasteiger partial charge is 0.378 e. The van der Waals surface area contributed by atoms with Gasteiger partial charge < -0.3 is 4.90 Å². The standard InChI is InChI=1S/C19H25NO/c1-18(2)16-10-11-19(18,3)17(21)15(16)12-13-6-8-14(9-7-13)20(4)5/h6-9,12,16H,10-11H2,1-5H3/b15-12-. The van der Waals surface area contributed by atoms with Crippen molar-refractivity contribution in [1.82, 2.24) is 0 Å². The fourth-order valence-corrected chi connectivity index (χ4v) is 4.14. The van der Waals surface area contributed by atoms with E-state index in [1.807, 2.05) is 14.1 Å². The summed E-state index contributed by atoms with van der Waals surface area (Å²) in [5.74, 6) is 0.795. The van der Waals surface area contributed by atoms with Crippen molar-refractivity contribution in [3.8, 4) is 0 Å². The van der Waals surface area contributed by atoms with Crippen LogP contribution in [0.15, 0.2) is 29.8 Å². The number of rotatable bonds is 2. The average Bonchev–Trinajstić information content (AvgIpc) is 2.74. The van der Waals surface area contributed by atoms with E-state index >= 15 is 0 Å². The Bertz CT molecular complexity index is 609. The summed E-state index contributed by atoms with van der Waals surface area (Å²) in [6.07, 6.45) is 4.32. The molecule has 112 valence electrons. The third kappa shape index (κ3) is 1.88. The van der Waals surface area contributed by atoms with Crippen molar-refractivity contribution >= 4 is 17.5 Å². The van der Waals surface area contributed by atoms with Crippen LogP contribution in [0.25, 0.3) is 6.08 Å². The van der Waals surface area contributed by atoms with Gasteiger partial charge in [-0.3, -0.25) is 4.79 Å². The van der Waals surface area contributed by atoms with E-state index in [1.165, 1.54) is 5.69 Å². The van der Waals surface area contributed by atoms with Gasteiger partial charge in [-0.15, -0.1) is 0 Å². The minimum absolute atomic E-state index is 0.0967. The minimum atomic E-state index is -0.160. The van der Waals surface area contributed by atoms with E-state index in [0.717, 1.165) is 24.0 Å². The Balaban J connectivity index is 1.96. The first-order valence-corrected chi connectivity index (χ1v) is 7.81. The first kappa shape index (κ1) is 14.4. The van der Waals surface area contributed by atoms with E-state index < -0.39 is 0 Å². The lowest BCUT2D eigenvalue weighted by Gasteiger charge is -2.31. The Morgan fingerprint density at radius 1 is 1.14 bits per heavy atom. The van der Waals surface area contributed by atoms with Gasteiger partial charge in [-0.25, -0.2) is 0 Å². The molecule has 2 aliphatic rings. The van der Waals surface area contributed by atoms with Crippen molar-refractivity contribution in [2.24, 2.45) is 16.7 Å². The summed E-state index contributed by atoms with van der Waals surface area (Å²) in [5, 5.41) is 0. The highest BCUT2D eigenvalue weighted by molar-refractivity contribution is 6.07. The van der Waals surface area contributed by atoms with E-state index in [2.05, 4.69) is 56.0 Å². The number of hydrogen-bond donors (Lipinski definition) is 0. The number of carbonyl (C=O) groups is 1. The zero-order valence-corrected chi connectivity index (χ0v) is 13.7. The van der Waals surface area contributed by atoms with E-state index in [9.17, 15) is 4.79 Å². The molecule has 2 atom stereocenters. The maximum absolute atomic E-state index is 12.8. The number of carbonyl (C=O) groups excluding carboxylic acids is 1. The van der Waals surface area contributed by atoms with Crippen LogP contribution in [0.3, 0.4) is 0 Å². The van der Waals surface area contributed by atoms with Crippen molar-refractivity contribution in [1.29, 1.82) is 0 Å². The second kappa shape index (κ2) is 4.46. The molecule has 0 amide bonds. The molecule has 2 nitrogen and oxygen atoms in total. The van der Waals surface area contributed by atoms with E-state index in [4.69, 9.17) is 0 Å². The summed E-state index contributed by atoms with van der Waals surface area (Å²) >= 11 is 0. The maximum atomic E-state index is 12.8. The topological polar surface area (TPSA) is 20.3 Å². The Hall–Kier alpha value is -1.57. The fraction of sp³-hybridized carbons (Fsp3) is 0.526. The molecule has 0 aromatic heterocycles. The lowest BCUT2D eigenvalue weighted by molar-refractivity contribution is -0.125. The van der Waals surface area contributed by atoms with Gasteiger partial charge in [0.2, 0.25) is 0 Å². The third-order valence-corrected chi connectivity index (χ3v) is 6.10. The molecule has 2 fully saturated rings. The van der Waals surface area contributed by atoms with Crippen molar-refractivity contribution < 1.29 is 4.79 Å². The van der Waals surface area contributed by atoms with Crippen molar-refractivity contribution in [3.05, 3.63) is 35.4 Å². The van der Waals surface area contributed by atoms with Gasteiger partial charge in [0.1, 0.15) is 0 Å². The Morgan fingerprint density at radius 2 is 1.76 bits per heavy atom. The molecule has 0 saturated heterocycles. The minimum Gasteiger partial charge on any atom is -0.378 e. The van der Waals surface area contributed by atoms with Gasteiger partial charge in [-0.05, 0) is 53.5 Å². The highest BCUT2D eigenvalue weighted by atomic mass is 16.1. The van der Waals surface area contributed by atoms with Gasteiger partial charge in [0.05, 0.1) is 0 Å². The van der Waals surface area contributed by atoms with E-state index in [1.54, 1.807) is 0 Å². The second-order valence-electron chi connectivity index (χ2n) is 7.56. The highest BCUT2D eigenvalue weighted by Crippen LogP contribution is 2.65. The number of nitrogens with zero attached hydrogens (tertiary/aromatic N) is 1. The molecular weight excluding hydrogens is 258 g/mol. The first-order chi connectivity index (χ1) is 9.77. The van der Waals surface area contributed by atoms with Crippen LogP contribution in [-0.2, 0) is 4.79 Å². The average molecular weight is 283 g/mol. The number of Topliss-reactive ketones (excluding diaryl/α,β-unsaturated/α-hetero) is 1. The van der Waals surface area contributed by atoms with Gasteiger partial charge in [-0.2, -0.15) is 0 Å². The van der Waals surface area contributed by atoms with Crippen LogP contribution in [0.2, 0.25) is 0 Å². The van der Waals surface area contributed by atoms with Gasteiger partial charge in [-0.1, -0.05) is 32.9 Å². The van der Waals surface area contributed by atoms with Crippen LogP contribution >= 0.6 is 0 Å². The summed E-state index contributed by atoms with van der Waals surface area (Å²) in [7, 11) is 4.08. The Morgan fingerprint density at radius 3 is 2.24 bits per heavy atom. The van der Waals surface area contributed by atoms with Crippen LogP contribution in [0, 0.1) is 16.7 Å². The predicted octanol–water partition coefficient (Wildman–Crippen LogP) is 4.16. The molecular formula is C19H25NO. The molecule has 0 N–H and O–H groups in total. The summed E-state index contributed by atoms with van der Waals surface area (Å²) in [4.78, 5) is 14.9. The van der Waals surface area contributed by atoms with Crippen LogP contribution in [-0.4, -0.2) is 19.9 Å². The molecule has 0 heterocycles. The summed E-state index contributed by atoms with van der Waals surface area (Å²) in [6, 6.07) is 8.43.